The standard InChI is InChI=1S/C14H11FO2/c15-13-11(9-4-2-1-3-5-9)7-6-10-8-17-14(16)12(10)13/h1-7,14,16H,8H2/t14-/m0/s1. The van der Waals surface area contributed by atoms with Crippen molar-refractivity contribution in [3.05, 3.63) is 59.4 Å². The molecule has 0 fully saturated rings. The maximum absolute atomic E-state index is 14.3. The number of ether oxygens (including phenoxy) is 1. The molecule has 0 saturated carbocycles. The van der Waals surface area contributed by atoms with Crippen LogP contribution in [0.4, 0.5) is 4.39 Å². The van der Waals surface area contributed by atoms with Gasteiger partial charge >= 0.3 is 0 Å². The van der Waals surface area contributed by atoms with E-state index in [0.717, 1.165) is 11.1 Å². The van der Waals surface area contributed by atoms with Gasteiger partial charge in [-0.15, -0.1) is 0 Å². The van der Waals surface area contributed by atoms with E-state index in [1.165, 1.54) is 0 Å². The second-order valence-corrected chi connectivity index (χ2v) is 4.03. The summed E-state index contributed by atoms with van der Waals surface area (Å²) in [6, 6.07) is 12.8. The number of halogens is 1. The van der Waals surface area contributed by atoms with E-state index >= 15 is 0 Å². The van der Waals surface area contributed by atoms with E-state index < -0.39 is 12.1 Å². The first-order valence-electron chi connectivity index (χ1n) is 5.44. The van der Waals surface area contributed by atoms with Crippen LogP contribution in [-0.2, 0) is 11.3 Å². The van der Waals surface area contributed by atoms with Crippen molar-refractivity contribution in [3.63, 3.8) is 0 Å². The molecule has 2 nitrogen and oxygen atoms in total. The summed E-state index contributed by atoms with van der Waals surface area (Å²) >= 11 is 0. The van der Waals surface area contributed by atoms with Crippen molar-refractivity contribution in [3.8, 4) is 11.1 Å². The highest BCUT2D eigenvalue weighted by Gasteiger charge is 2.26. The summed E-state index contributed by atoms with van der Waals surface area (Å²) in [7, 11) is 0. The van der Waals surface area contributed by atoms with Gasteiger partial charge in [0.1, 0.15) is 5.82 Å². The fraction of sp³-hybridized carbons (Fsp3) is 0.143. The minimum Gasteiger partial charge on any atom is -0.364 e. The van der Waals surface area contributed by atoms with E-state index in [2.05, 4.69) is 0 Å². The average Bonchev–Trinajstić information content (AvgIpc) is 2.73. The summed E-state index contributed by atoms with van der Waals surface area (Å²) in [4.78, 5) is 0. The van der Waals surface area contributed by atoms with Crippen molar-refractivity contribution in [2.75, 3.05) is 0 Å². The van der Waals surface area contributed by atoms with E-state index in [0.29, 0.717) is 5.56 Å². The highest BCUT2D eigenvalue weighted by atomic mass is 19.1. The van der Waals surface area contributed by atoms with Crippen molar-refractivity contribution >= 4 is 0 Å². The number of aliphatic hydroxyl groups excluding tert-OH is 1. The molecule has 0 radical (unpaired) electrons. The van der Waals surface area contributed by atoms with Crippen molar-refractivity contribution in [1.29, 1.82) is 0 Å². The summed E-state index contributed by atoms with van der Waals surface area (Å²) in [5, 5.41) is 9.57. The van der Waals surface area contributed by atoms with Crippen LogP contribution in [0.1, 0.15) is 17.4 Å². The SMILES string of the molecule is O[C@H]1OCc2ccc(-c3ccccc3)c(F)c21. The molecule has 0 unspecified atom stereocenters. The fourth-order valence-electron chi connectivity index (χ4n) is 2.12. The summed E-state index contributed by atoms with van der Waals surface area (Å²) in [5.74, 6) is -0.390. The van der Waals surface area contributed by atoms with Crippen LogP contribution in [0.3, 0.4) is 0 Å². The average molecular weight is 230 g/mol. The molecule has 0 aromatic heterocycles. The molecular formula is C14H11FO2. The van der Waals surface area contributed by atoms with E-state index in [1.807, 2.05) is 30.3 Å². The van der Waals surface area contributed by atoms with Gasteiger partial charge in [0.25, 0.3) is 0 Å². The monoisotopic (exact) mass is 230 g/mol. The van der Waals surface area contributed by atoms with Crippen LogP contribution in [0, 0.1) is 5.82 Å². The zero-order chi connectivity index (χ0) is 11.8. The van der Waals surface area contributed by atoms with Crippen molar-refractivity contribution in [2.24, 2.45) is 0 Å². The van der Waals surface area contributed by atoms with Crippen molar-refractivity contribution in [1.82, 2.24) is 0 Å². The number of rotatable bonds is 1. The lowest BCUT2D eigenvalue weighted by Crippen LogP contribution is -1.98. The Morgan fingerprint density at radius 1 is 1.12 bits per heavy atom. The minimum atomic E-state index is -1.14. The van der Waals surface area contributed by atoms with Crippen LogP contribution in [0.25, 0.3) is 11.1 Å². The summed E-state index contributed by atoms with van der Waals surface area (Å²) in [5.41, 5.74) is 2.28. The third-order valence-electron chi connectivity index (χ3n) is 3.00. The molecule has 0 amide bonds. The molecule has 0 bridgehead atoms. The largest absolute Gasteiger partial charge is 0.364 e. The zero-order valence-corrected chi connectivity index (χ0v) is 9.06. The number of fused-ring (bicyclic) bond motifs is 1. The van der Waals surface area contributed by atoms with Gasteiger partial charge in [-0.2, -0.15) is 0 Å². The molecule has 0 spiro atoms. The molecule has 1 aliphatic heterocycles. The third kappa shape index (κ3) is 1.64. The molecule has 17 heavy (non-hydrogen) atoms. The maximum atomic E-state index is 14.3. The summed E-state index contributed by atoms with van der Waals surface area (Å²) < 4.78 is 19.3. The van der Waals surface area contributed by atoms with Crippen LogP contribution in [0.2, 0.25) is 0 Å². The van der Waals surface area contributed by atoms with Gasteiger partial charge in [0.05, 0.1) is 6.61 Å². The Labute approximate surface area is 98.3 Å². The van der Waals surface area contributed by atoms with Gasteiger partial charge in [0, 0.05) is 11.1 Å². The molecule has 0 saturated heterocycles. The van der Waals surface area contributed by atoms with Gasteiger partial charge in [-0.05, 0) is 11.1 Å². The molecule has 2 aromatic rings. The lowest BCUT2D eigenvalue weighted by Gasteiger charge is -2.09. The number of benzene rings is 2. The fourth-order valence-corrected chi connectivity index (χ4v) is 2.12. The molecule has 2 aromatic carbocycles. The topological polar surface area (TPSA) is 29.5 Å². The first-order valence-corrected chi connectivity index (χ1v) is 5.44. The van der Waals surface area contributed by atoms with Crippen molar-refractivity contribution in [2.45, 2.75) is 12.9 Å². The second-order valence-electron chi connectivity index (χ2n) is 4.03. The predicted molar refractivity (Wildman–Crippen MR) is 61.6 cm³/mol. The lowest BCUT2D eigenvalue weighted by molar-refractivity contribution is -0.0932. The molecular weight excluding hydrogens is 219 g/mol. The first kappa shape index (κ1) is 10.4. The number of hydrogen-bond acceptors (Lipinski definition) is 2. The highest BCUT2D eigenvalue weighted by Crippen LogP contribution is 2.35. The zero-order valence-electron chi connectivity index (χ0n) is 9.06. The van der Waals surface area contributed by atoms with E-state index in [9.17, 15) is 9.50 Å². The van der Waals surface area contributed by atoms with E-state index in [-0.39, 0.29) is 12.2 Å². The quantitative estimate of drug-likeness (QED) is 0.816. The molecule has 3 rings (SSSR count). The normalized spacial score (nSPS) is 18.1. The Morgan fingerprint density at radius 2 is 1.88 bits per heavy atom. The number of aliphatic hydroxyl groups is 1. The lowest BCUT2D eigenvalue weighted by atomic mass is 9.99. The Balaban J connectivity index is 2.18. The first-order chi connectivity index (χ1) is 8.27. The van der Waals surface area contributed by atoms with Crippen LogP contribution < -0.4 is 0 Å². The summed E-state index contributed by atoms with van der Waals surface area (Å²) in [6.45, 7) is 0.266. The maximum Gasteiger partial charge on any atom is 0.184 e. The Bertz CT molecular complexity index is 552. The van der Waals surface area contributed by atoms with Gasteiger partial charge in [-0.25, -0.2) is 4.39 Å². The molecule has 1 heterocycles. The molecule has 1 aliphatic rings. The molecule has 1 atom stereocenters. The van der Waals surface area contributed by atoms with Crippen LogP contribution in [0.5, 0.6) is 0 Å². The van der Waals surface area contributed by atoms with Crippen LogP contribution >= 0.6 is 0 Å². The minimum absolute atomic E-state index is 0.266. The smallest absolute Gasteiger partial charge is 0.184 e. The highest BCUT2D eigenvalue weighted by molar-refractivity contribution is 5.66. The Morgan fingerprint density at radius 3 is 2.65 bits per heavy atom. The van der Waals surface area contributed by atoms with Gasteiger partial charge < -0.3 is 9.84 Å². The summed E-state index contributed by atoms with van der Waals surface area (Å²) in [6.07, 6.45) is -1.14. The molecule has 1 N–H and O–H groups in total. The van der Waals surface area contributed by atoms with E-state index in [4.69, 9.17) is 4.74 Å². The third-order valence-corrected chi connectivity index (χ3v) is 3.00. The van der Waals surface area contributed by atoms with Gasteiger partial charge in [0.15, 0.2) is 6.29 Å². The van der Waals surface area contributed by atoms with Gasteiger partial charge in [0.2, 0.25) is 0 Å². The number of hydrogen-bond donors (Lipinski definition) is 1. The molecule has 86 valence electrons. The Kier molecular flexibility index (Phi) is 2.42. The Hall–Kier alpha value is -1.71. The van der Waals surface area contributed by atoms with Crippen LogP contribution in [0.15, 0.2) is 42.5 Å². The van der Waals surface area contributed by atoms with Crippen LogP contribution in [-0.4, -0.2) is 5.11 Å². The van der Waals surface area contributed by atoms with Gasteiger partial charge in [-0.3, -0.25) is 0 Å². The van der Waals surface area contributed by atoms with Crippen molar-refractivity contribution < 1.29 is 14.2 Å². The van der Waals surface area contributed by atoms with E-state index in [1.54, 1.807) is 12.1 Å². The van der Waals surface area contributed by atoms with Gasteiger partial charge in [-0.1, -0.05) is 42.5 Å². The predicted octanol–water partition coefficient (Wildman–Crippen LogP) is 3.01. The molecule has 3 heteroatoms. The second kappa shape index (κ2) is 3.95. The molecule has 0 aliphatic carbocycles.